The van der Waals surface area contributed by atoms with Crippen molar-refractivity contribution in [1.82, 2.24) is 0 Å². The van der Waals surface area contributed by atoms with Crippen molar-refractivity contribution >= 4 is 24.8 Å². The molecule has 0 spiro atoms. The van der Waals surface area contributed by atoms with E-state index in [0.717, 1.165) is 25.7 Å². The fraction of sp³-hybridized carbons (Fsp3) is 1.00. The van der Waals surface area contributed by atoms with Crippen LogP contribution in [0.1, 0.15) is 32.1 Å². The lowest BCUT2D eigenvalue weighted by atomic mass is 9.93. The van der Waals surface area contributed by atoms with Gasteiger partial charge in [-0.2, -0.15) is 0 Å². The molecule has 0 radical (unpaired) electrons. The Kier molecular flexibility index (Phi) is 6.81. The molecule has 0 aromatic carbocycles. The van der Waals surface area contributed by atoms with Crippen LogP contribution in [-0.2, 0) is 0 Å². The van der Waals surface area contributed by atoms with Crippen molar-refractivity contribution < 1.29 is 5.11 Å². The lowest BCUT2D eigenvalue weighted by molar-refractivity contribution is 0.0103. The van der Waals surface area contributed by atoms with E-state index in [9.17, 15) is 0 Å². The summed E-state index contributed by atoms with van der Waals surface area (Å²) in [5, 5.41) is 9.15. The molecule has 1 aliphatic rings. The summed E-state index contributed by atoms with van der Waals surface area (Å²) in [6.07, 6.45) is 4.99. The number of nitrogens with two attached hydrogens (primary N) is 1. The summed E-state index contributed by atoms with van der Waals surface area (Å²) in [5.41, 5.74) is 4.61. The van der Waals surface area contributed by atoms with Crippen LogP contribution in [0.5, 0.6) is 0 Å². The molecule has 0 aliphatic heterocycles. The molecule has 1 rings (SSSR count). The van der Waals surface area contributed by atoms with E-state index in [4.69, 9.17) is 10.8 Å². The van der Waals surface area contributed by atoms with Gasteiger partial charge in [-0.1, -0.05) is 6.42 Å². The van der Waals surface area contributed by atoms with Crippen molar-refractivity contribution in [3.05, 3.63) is 0 Å². The summed E-state index contributed by atoms with van der Waals surface area (Å²) in [6.45, 7) is 0. The Morgan fingerprint density at radius 3 is 1.60 bits per heavy atom. The predicted octanol–water partition coefficient (Wildman–Crippen LogP) is 1.44. The maximum absolute atomic E-state index is 9.15. The van der Waals surface area contributed by atoms with Gasteiger partial charge in [-0.25, -0.2) is 0 Å². The van der Waals surface area contributed by atoms with Crippen LogP contribution in [0, 0.1) is 0 Å². The standard InChI is InChI=1S/C6H13NO.2ClH/c7-6(8)4-2-1-3-5-6;;/h8H,1-5,7H2;2*1H. The van der Waals surface area contributed by atoms with E-state index < -0.39 is 5.72 Å². The molecule has 1 saturated carbocycles. The summed E-state index contributed by atoms with van der Waals surface area (Å²) in [5.74, 6) is 0. The van der Waals surface area contributed by atoms with E-state index in [-0.39, 0.29) is 24.8 Å². The Morgan fingerprint density at radius 2 is 1.40 bits per heavy atom. The first-order valence-electron chi connectivity index (χ1n) is 3.22. The summed E-state index contributed by atoms with van der Waals surface area (Å²) in [6, 6.07) is 0. The van der Waals surface area contributed by atoms with Gasteiger partial charge in [-0.3, -0.25) is 0 Å². The van der Waals surface area contributed by atoms with Crippen LogP contribution in [0.15, 0.2) is 0 Å². The molecule has 0 heterocycles. The Balaban J connectivity index is 0. The predicted molar refractivity (Wildman–Crippen MR) is 46.7 cm³/mol. The van der Waals surface area contributed by atoms with Gasteiger partial charge >= 0.3 is 0 Å². The summed E-state index contributed by atoms with van der Waals surface area (Å²) in [4.78, 5) is 0. The highest BCUT2D eigenvalue weighted by Gasteiger charge is 2.22. The van der Waals surface area contributed by atoms with Gasteiger partial charge in [0.1, 0.15) is 5.72 Å². The first-order valence-corrected chi connectivity index (χ1v) is 3.22. The van der Waals surface area contributed by atoms with Gasteiger partial charge in [0, 0.05) is 0 Å². The average Bonchev–Trinajstić information content (AvgIpc) is 1.65. The number of rotatable bonds is 0. The van der Waals surface area contributed by atoms with Gasteiger partial charge in [0.15, 0.2) is 0 Å². The number of aliphatic hydroxyl groups is 1. The van der Waals surface area contributed by atoms with Crippen molar-refractivity contribution in [2.75, 3.05) is 0 Å². The molecule has 4 heteroatoms. The quantitative estimate of drug-likeness (QED) is 0.565. The largest absolute Gasteiger partial charge is 0.376 e. The maximum Gasteiger partial charge on any atom is 0.113 e. The molecule has 0 atom stereocenters. The minimum Gasteiger partial charge on any atom is -0.376 e. The zero-order valence-electron chi connectivity index (χ0n) is 5.88. The maximum atomic E-state index is 9.15. The topological polar surface area (TPSA) is 46.2 Å². The molecule has 0 aromatic heterocycles. The number of hydrogen-bond donors (Lipinski definition) is 2. The van der Waals surface area contributed by atoms with Crippen LogP contribution < -0.4 is 5.73 Å². The second-order valence-electron chi connectivity index (χ2n) is 2.66. The molecular formula is C6H15Cl2NO. The zero-order chi connectivity index (χ0) is 6.04. The van der Waals surface area contributed by atoms with Gasteiger partial charge < -0.3 is 10.8 Å². The van der Waals surface area contributed by atoms with Crippen LogP contribution in [0.3, 0.4) is 0 Å². The van der Waals surface area contributed by atoms with Crippen molar-refractivity contribution in [3.63, 3.8) is 0 Å². The number of halogens is 2. The van der Waals surface area contributed by atoms with Gasteiger partial charge in [-0.15, -0.1) is 24.8 Å². The van der Waals surface area contributed by atoms with Gasteiger partial charge in [0.05, 0.1) is 0 Å². The van der Waals surface area contributed by atoms with E-state index in [1.54, 1.807) is 0 Å². The lowest BCUT2D eigenvalue weighted by Gasteiger charge is -2.26. The first kappa shape index (κ1) is 13.1. The van der Waals surface area contributed by atoms with E-state index in [1.165, 1.54) is 6.42 Å². The SMILES string of the molecule is Cl.Cl.NC1(O)CCCCC1. The molecule has 64 valence electrons. The van der Waals surface area contributed by atoms with Gasteiger partial charge in [-0.05, 0) is 25.7 Å². The molecule has 0 aromatic rings. The van der Waals surface area contributed by atoms with Crippen molar-refractivity contribution in [3.8, 4) is 0 Å². The average molecular weight is 188 g/mol. The minimum absolute atomic E-state index is 0. The summed E-state index contributed by atoms with van der Waals surface area (Å²) >= 11 is 0. The van der Waals surface area contributed by atoms with Crippen LogP contribution in [0.4, 0.5) is 0 Å². The van der Waals surface area contributed by atoms with Crippen molar-refractivity contribution in [1.29, 1.82) is 0 Å². The van der Waals surface area contributed by atoms with Crippen LogP contribution in [0.25, 0.3) is 0 Å². The lowest BCUT2D eigenvalue weighted by Crippen LogP contribution is -2.40. The molecule has 0 bridgehead atoms. The normalized spacial score (nSPS) is 22.2. The molecule has 3 N–H and O–H groups in total. The van der Waals surface area contributed by atoms with Crippen molar-refractivity contribution in [2.45, 2.75) is 37.8 Å². The molecular weight excluding hydrogens is 173 g/mol. The summed E-state index contributed by atoms with van der Waals surface area (Å²) < 4.78 is 0. The molecule has 1 fully saturated rings. The van der Waals surface area contributed by atoms with E-state index >= 15 is 0 Å². The number of hydrogen-bond acceptors (Lipinski definition) is 2. The monoisotopic (exact) mass is 187 g/mol. The first-order chi connectivity index (χ1) is 3.71. The highest BCUT2D eigenvalue weighted by molar-refractivity contribution is 5.85. The molecule has 2 nitrogen and oxygen atoms in total. The minimum atomic E-state index is -0.821. The van der Waals surface area contributed by atoms with Crippen LogP contribution in [-0.4, -0.2) is 10.8 Å². The van der Waals surface area contributed by atoms with Gasteiger partial charge in [0.25, 0.3) is 0 Å². The molecule has 0 unspecified atom stereocenters. The van der Waals surface area contributed by atoms with E-state index in [1.807, 2.05) is 0 Å². The Bertz CT molecular complexity index is 79.8. The van der Waals surface area contributed by atoms with Crippen LogP contribution in [0.2, 0.25) is 0 Å². The third-order valence-electron chi connectivity index (χ3n) is 1.72. The van der Waals surface area contributed by atoms with E-state index in [2.05, 4.69) is 0 Å². The highest BCUT2D eigenvalue weighted by atomic mass is 35.5. The smallest absolute Gasteiger partial charge is 0.113 e. The summed E-state index contributed by atoms with van der Waals surface area (Å²) in [7, 11) is 0. The third kappa shape index (κ3) is 4.34. The van der Waals surface area contributed by atoms with E-state index in [0.29, 0.717) is 0 Å². The Hall–Kier alpha value is 0.500. The fourth-order valence-electron chi connectivity index (χ4n) is 1.16. The second-order valence-corrected chi connectivity index (χ2v) is 2.66. The zero-order valence-corrected chi connectivity index (χ0v) is 7.51. The van der Waals surface area contributed by atoms with Gasteiger partial charge in [0.2, 0.25) is 0 Å². The molecule has 1 aliphatic carbocycles. The fourth-order valence-corrected chi connectivity index (χ4v) is 1.16. The molecule has 0 amide bonds. The Morgan fingerprint density at radius 1 is 1.00 bits per heavy atom. The molecule has 0 saturated heterocycles. The molecule has 10 heavy (non-hydrogen) atoms. The second kappa shape index (κ2) is 5.19. The van der Waals surface area contributed by atoms with Crippen molar-refractivity contribution in [2.24, 2.45) is 5.73 Å². The third-order valence-corrected chi connectivity index (χ3v) is 1.72. The Labute approximate surface area is 74.0 Å². The highest BCUT2D eigenvalue weighted by Crippen LogP contribution is 2.22. The van der Waals surface area contributed by atoms with Crippen LogP contribution >= 0.6 is 24.8 Å².